The molecule has 7 nitrogen and oxygen atoms in total. The number of hydrogen-bond acceptors (Lipinski definition) is 5. The molecule has 1 atom stereocenters. The molecule has 0 bridgehead atoms. The molecule has 0 aliphatic rings. The van der Waals surface area contributed by atoms with Gasteiger partial charge in [0.05, 0.1) is 0 Å². The normalized spacial score (nSPS) is 12.4. The van der Waals surface area contributed by atoms with Crippen LogP contribution in [0.4, 0.5) is 18.9 Å². The average Bonchev–Trinajstić information content (AvgIpc) is 3.15. The minimum Gasteiger partial charge on any atom is -0.406 e. The molecule has 1 N–H and O–H groups in total. The van der Waals surface area contributed by atoms with Gasteiger partial charge in [-0.25, -0.2) is 4.68 Å². The van der Waals surface area contributed by atoms with Crippen LogP contribution in [0.2, 0.25) is 0 Å². The molecule has 0 unspecified atom stereocenters. The molecule has 0 aliphatic heterocycles. The number of nitrogens with one attached hydrogen (secondary N) is 1. The Morgan fingerprint density at radius 2 is 1.81 bits per heavy atom. The molecule has 2 aromatic carbocycles. The zero-order chi connectivity index (χ0) is 19.3. The minimum atomic E-state index is -4.77. The number of carbonyl (C=O) groups excluding carboxylic acids is 1. The van der Waals surface area contributed by atoms with E-state index in [0.717, 1.165) is 17.7 Å². The van der Waals surface area contributed by atoms with Crippen molar-refractivity contribution >= 4 is 11.6 Å². The van der Waals surface area contributed by atoms with E-state index in [1.165, 1.54) is 23.1 Å². The fourth-order valence-corrected chi connectivity index (χ4v) is 2.42. The summed E-state index contributed by atoms with van der Waals surface area (Å²) in [7, 11) is 0. The van der Waals surface area contributed by atoms with Crippen molar-refractivity contribution in [3.63, 3.8) is 0 Å². The summed E-state index contributed by atoms with van der Waals surface area (Å²) in [4.78, 5) is 12.7. The number of nitrogens with zero attached hydrogens (tertiary/aromatic N) is 4. The average molecular weight is 377 g/mol. The lowest BCUT2D eigenvalue weighted by atomic mass is 10.1. The van der Waals surface area contributed by atoms with E-state index in [1.54, 1.807) is 0 Å². The lowest BCUT2D eigenvalue weighted by Gasteiger charge is -2.16. The number of alkyl halides is 3. The van der Waals surface area contributed by atoms with Crippen molar-refractivity contribution in [2.75, 3.05) is 5.32 Å². The van der Waals surface area contributed by atoms with E-state index < -0.39 is 18.3 Å². The molecule has 1 amide bonds. The zero-order valence-corrected chi connectivity index (χ0v) is 13.8. The van der Waals surface area contributed by atoms with Gasteiger partial charge in [0, 0.05) is 12.1 Å². The van der Waals surface area contributed by atoms with Gasteiger partial charge in [0.15, 0.2) is 0 Å². The summed E-state index contributed by atoms with van der Waals surface area (Å²) in [6.45, 7) is 0. The summed E-state index contributed by atoms with van der Waals surface area (Å²) in [6.07, 6.45) is -3.11. The molecule has 3 aromatic rings. The lowest BCUT2D eigenvalue weighted by molar-refractivity contribution is -0.274. The van der Waals surface area contributed by atoms with E-state index in [9.17, 15) is 18.0 Å². The molecule has 27 heavy (non-hydrogen) atoms. The summed E-state index contributed by atoms with van der Waals surface area (Å²) in [5.41, 5.74) is 1.22. The predicted molar refractivity (Wildman–Crippen MR) is 88.8 cm³/mol. The van der Waals surface area contributed by atoms with Crippen LogP contribution < -0.4 is 10.1 Å². The minimum absolute atomic E-state index is 0.320. The highest BCUT2D eigenvalue weighted by molar-refractivity contribution is 5.93. The van der Waals surface area contributed by atoms with E-state index in [-0.39, 0.29) is 5.75 Å². The fraction of sp³-hybridized carbons (Fsp3) is 0.176. The molecule has 10 heteroatoms. The summed E-state index contributed by atoms with van der Waals surface area (Å²) < 4.78 is 41.8. The van der Waals surface area contributed by atoms with Crippen LogP contribution in [0, 0.1) is 0 Å². The largest absolute Gasteiger partial charge is 0.573 e. The predicted octanol–water partition coefficient (Wildman–Crippen LogP) is 2.99. The maximum absolute atomic E-state index is 12.7. The van der Waals surface area contributed by atoms with Crippen LogP contribution >= 0.6 is 0 Å². The smallest absolute Gasteiger partial charge is 0.406 e. The fourth-order valence-electron chi connectivity index (χ4n) is 2.42. The Morgan fingerprint density at radius 1 is 1.11 bits per heavy atom. The molecule has 0 spiro atoms. The second-order valence-corrected chi connectivity index (χ2v) is 5.56. The van der Waals surface area contributed by atoms with Crippen molar-refractivity contribution in [2.45, 2.75) is 18.8 Å². The van der Waals surface area contributed by atoms with Gasteiger partial charge in [0.2, 0.25) is 5.91 Å². The number of ether oxygens (including phenoxy) is 1. The number of benzene rings is 2. The van der Waals surface area contributed by atoms with Crippen molar-refractivity contribution in [3.8, 4) is 5.75 Å². The van der Waals surface area contributed by atoms with Crippen LogP contribution in [0.15, 0.2) is 60.9 Å². The van der Waals surface area contributed by atoms with Crippen LogP contribution in [0.1, 0.15) is 11.6 Å². The Kier molecular flexibility index (Phi) is 5.34. The Morgan fingerprint density at radius 3 is 2.41 bits per heavy atom. The van der Waals surface area contributed by atoms with Gasteiger partial charge in [-0.2, -0.15) is 0 Å². The van der Waals surface area contributed by atoms with Gasteiger partial charge < -0.3 is 10.1 Å². The SMILES string of the molecule is O=C(Nc1ccc(OC(F)(F)F)cc1)[C@@H](Cc1ccccc1)n1cnnn1. The third kappa shape index (κ3) is 5.27. The molecular weight excluding hydrogens is 363 g/mol. The van der Waals surface area contributed by atoms with Gasteiger partial charge in [-0.05, 0) is 40.3 Å². The quantitative estimate of drug-likeness (QED) is 0.714. The second kappa shape index (κ2) is 7.85. The van der Waals surface area contributed by atoms with Gasteiger partial charge >= 0.3 is 6.36 Å². The van der Waals surface area contributed by atoms with Crippen molar-refractivity contribution in [2.24, 2.45) is 0 Å². The molecule has 0 aliphatic carbocycles. The van der Waals surface area contributed by atoms with E-state index in [1.807, 2.05) is 30.3 Å². The first-order valence-corrected chi connectivity index (χ1v) is 7.84. The van der Waals surface area contributed by atoms with Crippen molar-refractivity contribution in [1.82, 2.24) is 20.2 Å². The molecule has 0 saturated heterocycles. The molecule has 1 aromatic heterocycles. The third-order valence-electron chi connectivity index (χ3n) is 3.61. The standard InChI is InChI=1S/C17H14F3N5O2/c18-17(19,20)27-14-8-6-13(7-9-14)22-16(26)15(25-11-21-23-24-25)10-12-4-2-1-3-5-12/h1-9,11,15H,10H2,(H,22,26)/t15-/m1/s1. The summed E-state index contributed by atoms with van der Waals surface area (Å²) in [6, 6.07) is 13.4. The molecule has 0 saturated carbocycles. The Bertz CT molecular complexity index is 868. The van der Waals surface area contributed by atoms with Crippen molar-refractivity contribution in [1.29, 1.82) is 0 Å². The van der Waals surface area contributed by atoms with Gasteiger partial charge in [0.1, 0.15) is 18.1 Å². The molecule has 1 heterocycles. The van der Waals surface area contributed by atoms with Gasteiger partial charge in [-0.15, -0.1) is 18.3 Å². The number of amides is 1. The second-order valence-electron chi connectivity index (χ2n) is 5.56. The van der Waals surface area contributed by atoms with E-state index >= 15 is 0 Å². The third-order valence-corrected chi connectivity index (χ3v) is 3.61. The Labute approximate surface area is 151 Å². The maximum atomic E-state index is 12.7. The number of halogens is 3. The highest BCUT2D eigenvalue weighted by Crippen LogP contribution is 2.24. The Hall–Kier alpha value is -3.43. The van der Waals surface area contributed by atoms with Crippen molar-refractivity contribution in [3.05, 3.63) is 66.5 Å². The molecule has 0 fully saturated rings. The topological polar surface area (TPSA) is 81.9 Å². The van der Waals surface area contributed by atoms with Gasteiger partial charge in [0.25, 0.3) is 0 Å². The summed E-state index contributed by atoms with van der Waals surface area (Å²) in [5.74, 6) is -0.780. The van der Waals surface area contributed by atoms with E-state index in [0.29, 0.717) is 12.1 Å². The van der Waals surface area contributed by atoms with Crippen LogP contribution in [-0.2, 0) is 11.2 Å². The van der Waals surface area contributed by atoms with Gasteiger partial charge in [-0.3, -0.25) is 4.79 Å². The zero-order valence-electron chi connectivity index (χ0n) is 13.8. The van der Waals surface area contributed by atoms with Crippen LogP contribution in [0.25, 0.3) is 0 Å². The number of carbonyl (C=O) groups is 1. The highest BCUT2D eigenvalue weighted by atomic mass is 19.4. The first kappa shape index (κ1) is 18.4. The van der Waals surface area contributed by atoms with E-state index in [4.69, 9.17) is 0 Å². The molecular formula is C17H14F3N5O2. The highest BCUT2D eigenvalue weighted by Gasteiger charge is 2.31. The number of tetrazole rings is 1. The van der Waals surface area contributed by atoms with Crippen LogP contribution in [0.5, 0.6) is 5.75 Å². The first-order chi connectivity index (χ1) is 12.9. The number of hydrogen-bond donors (Lipinski definition) is 1. The lowest BCUT2D eigenvalue weighted by Crippen LogP contribution is -2.28. The van der Waals surface area contributed by atoms with Crippen LogP contribution in [-0.4, -0.2) is 32.5 Å². The Balaban J connectivity index is 1.73. The monoisotopic (exact) mass is 377 g/mol. The van der Waals surface area contributed by atoms with E-state index in [2.05, 4.69) is 25.6 Å². The molecule has 3 rings (SSSR count). The first-order valence-electron chi connectivity index (χ1n) is 7.84. The number of aromatic nitrogens is 4. The maximum Gasteiger partial charge on any atom is 0.573 e. The molecule has 0 radical (unpaired) electrons. The summed E-state index contributed by atoms with van der Waals surface area (Å²) >= 11 is 0. The van der Waals surface area contributed by atoms with Crippen LogP contribution in [0.3, 0.4) is 0 Å². The number of rotatable bonds is 6. The van der Waals surface area contributed by atoms with Gasteiger partial charge in [-0.1, -0.05) is 30.3 Å². The summed E-state index contributed by atoms with van der Waals surface area (Å²) in [5, 5.41) is 13.5. The van der Waals surface area contributed by atoms with Crippen molar-refractivity contribution < 1.29 is 22.7 Å². The molecule has 140 valence electrons. The number of anilines is 1.